The third-order valence-corrected chi connectivity index (χ3v) is 5.88. The van der Waals surface area contributed by atoms with E-state index in [-0.39, 0.29) is 5.92 Å². The highest BCUT2D eigenvalue weighted by Gasteiger charge is 2.48. The fraction of sp³-hybridized carbons (Fsp3) is 0.696. The molecule has 2 saturated carbocycles. The van der Waals surface area contributed by atoms with Crippen LogP contribution in [0.4, 0.5) is 0 Å². The van der Waals surface area contributed by atoms with Crippen molar-refractivity contribution in [2.75, 3.05) is 7.11 Å². The molecule has 3 heteroatoms. The number of methoxy groups -OCH3 is 1. The van der Waals surface area contributed by atoms with E-state index in [4.69, 9.17) is 9.84 Å². The zero-order valence-electron chi connectivity index (χ0n) is 17.2. The lowest BCUT2D eigenvalue weighted by Gasteiger charge is -2.41. The Morgan fingerprint density at radius 1 is 1.27 bits per heavy atom. The fourth-order valence-electron chi connectivity index (χ4n) is 4.59. The molecule has 146 valence electrons. The van der Waals surface area contributed by atoms with E-state index in [1.165, 1.54) is 24.8 Å². The van der Waals surface area contributed by atoms with Gasteiger partial charge in [0.1, 0.15) is 11.5 Å². The molecule has 26 heavy (non-hydrogen) atoms. The Balaban J connectivity index is 0.000000431. The topological polar surface area (TPSA) is 46.5 Å². The number of benzene rings is 1. The van der Waals surface area contributed by atoms with Crippen LogP contribution < -0.4 is 4.74 Å². The maximum atomic E-state index is 12.4. The predicted octanol–water partition coefficient (Wildman–Crippen LogP) is 5.19. The van der Waals surface area contributed by atoms with Crippen LogP contribution in [-0.4, -0.2) is 23.6 Å². The van der Waals surface area contributed by atoms with Gasteiger partial charge in [-0.15, -0.1) is 0 Å². The molecule has 1 N–H and O–H groups in total. The van der Waals surface area contributed by atoms with Gasteiger partial charge in [-0.25, -0.2) is 0 Å². The smallest absolute Gasteiger partial charge is 0.136 e. The average Bonchev–Trinajstić information content (AvgIpc) is 2.95. The van der Waals surface area contributed by atoms with Crippen molar-refractivity contribution >= 4 is 5.78 Å². The van der Waals surface area contributed by atoms with Gasteiger partial charge in [0, 0.05) is 12.3 Å². The van der Waals surface area contributed by atoms with Crippen LogP contribution in [0.5, 0.6) is 5.75 Å². The minimum Gasteiger partial charge on any atom is -0.497 e. The van der Waals surface area contributed by atoms with Gasteiger partial charge >= 0.3 is 0 Å². The van der Waals surface area contributed by atoms with Crippen LogP contribution >= 0.6 is 0 Å². The van der Waals surface area contributed by atoms with E-state index in [1.807, 2.05) is 12.1 Å². The van der Waals surface area contributed by atoms with Gasteiger partial charge < -0.3 is 9.84 Å². The van der Waals surface area contributed by atoms with Crippen molar-refractivity contribution < 1.29 is 14.6 Å². The number of aliphatic hydroxyl groups is 1. The van der Waals surface area contributed by atoms with Crippen molar-refractivity contribution in [1.29, 1.82) is 0 Å². The summed E-state index contributed by atoms with van der Waals surface area (Å²) in [6, 6.07) is 8.25. The van der Waals surface area contributed by atoms with Crippen LogP contribution in [0.15, 0.2) is 24.3 Å². The van der Waals surface area contributed by atoms with E-state index in [1.54, 1.807) is 27.9 Å². The first-order valence-electron chi connectivity index (χ1n) is 10.0. The number of hydrogen-bond donors (Lipinski definition) is 1. The zero-order valence-corrected chi connectivity index (χ0v) is 17.2. The highest BCUT2D eigenvalue weighted by atomic mass is 16.5. The van der Waals surface area contributed by atoms with Gasteiger partial charge in [0.2, 0.25) is 0 Å². The van der Waals surface area contributed by atoms with Crippen molar-refractivity contribution in [2.24, 2.45) is 17.3 Å². The second kappa shape index (κ2) is 8.56. The summed E-state index contributed by atoms with van der Waals surface area (Å²) in [6.07, 6.45) is 7.80. The van der Waals surface area contributed by atoms with E-state index in [2.05, 4.69) is 19.1 Å². The molecular formula is C23H36O3. The second-order valence-corrected chi connectivity index (χ2v) is 9.29. The Morgan fingerprint density at radius 2 is 1.96 bits per heavy atom. The maximum Gasteiger partial charge on any atom is 0.136 e. The highest BCUT2D eigenvalue weighted by Crippen LogP contribution is 2.54. The van der Waals surface area contributed by atoms with Crippen molar-refractivity contribution in [1.82, 2.24) is 0 Å². The monoisotopic (exact) mass is 360 g/mol. The quantitative estimate of drug-likeness (QED) is 0.803. The van der Waals surface area contributed by atoms with Crippen LogP contribution in [0.25, 0.3) is 0 Å². The van der Waals surface area contributed by atoms with Gasteiger partial charge in [-0.05, 0) is 81.9 Å². The number of hydrogen-bond acceptors (Lipinski definition) is 3. The molecule has 0 bridgehead atoms. The molecule has 0 heterocycles. The molecule has 2 aliphatic carbocycles. The molecule has 2 fully saturated rings. The first-order valence-corrected chi connectivity index (χ1v) is 10.0. The van der Waals surface area contributed by atoms with Crippen LogP contribution in [0.1, 0.15) is 71.8 Å². The van der Waals surface area contributed by atoms with E-state index < -0.39 is 5.60 Å². The molecule has 2 aliphatic rings. The van der Waals surface area contributed by atoms with Crippen LogP contribution in [0.2, 0.25) is 0 Å². The molecule has 0 aromatic heterocycles. The van der Waals surface area contributed by atoms with Crippen molar-refractivity contribution in [3.8, 4) is 5.75 Å². The number of aryl methyl sites for hydroxylation is 1. The van der Waals surface area contributed by atoms with Crippen LogP contribution in [0, 0.1) is 17.3 Å². The van der Waals surface area contributed by atoms with Crippen LogP contribution in [0.3, 0.4) is 0 Å². The Labute approximate surface area is 159 Å². The molecule has 3 atom stereocenters. The fourth-order valence-corrected chi connectivity index (χ4v) is 4.59. The predicted molar refractivity (Wildman–Crippen MR) is 106 cm³/mol. The van der Waals surface area contributed by atoms with E-state index in [9.17, 15) is 4.79 Å². The number of fused-ring (bicyclic) bond motifs is 1. The number of Topliss-reactive ketones (excluding diaryl/α,β-unsaturated/α-hetero) is 1. The number of rotatable bonds is 4. The normalized spacial score (nSPS) is 28.2. The third kappa shape index (κ3) is 5.84. The lowest BCUT2D eigenvalue weighted by molar-refractivity contribution is -0.130. The SMILES string of the molecule is CC(C)(C)O.COc1cccc(CC[C@@H]2C(=O)CC[C@@]3(C)CCC[C@H]23)c1. The summed E-state index contributed by atoms with van der Waals surface area (Å²) >= 11 is 0. The van der Waals surface area contributed by atoms with Gasteiger partial charge in [-0.2, -0.15) is 0 Å². The number of ketones is 1. The Morgan fingerprint density at radius 3 is 2.62 bits per heavy atom. The molecule has 1 aromatic rings. The third-order valence-electron chi connectivity index (χ3n) is 5.88. The molecular weight excluding hydrogens is 324 g/mol. The number of carbonyl (C=O) groups is 1. The van der Waals surface area contributed by atoms with Gasteiger partial charge in [0.05, 0.1) is 12.7 Å². The Bertz CT molecular complexity index is 596. The molecule has 3 nitrogen and oxygen atoms in total. The van der Waals surface area contributed by atoms with Gasteiger partial charge in [-0.3, -0.25) is 4.79 Å². The summed E-state index contributed by atoms with van der Waals surface area (Å²) < 4.78 is 5.29. The highest BCUT2D eigenvalue weighted by molar-refractivity contribution is 5.82. The van der Waals surface area contributed by atoms with Crippen LogP contribution in [-0.2, 0) is 11.2 Å². The molecule has 0 amide bonds. The summed E-state index contributed by atoms with van der Waals surface area (Å²) in [4.78, 5) is 12.4. The van der Waals surface area contributed by atoms with Crippen molar-refractivity contribution in [3.05, 3.63) is 29.8 Å². The van der Waals surface area contributed by atoms with Crippen molar-refractivity contribution in [3.63, 3.8) is 0 Å². The lowest BCUT2D eigenvalue weighted by atomic mass is 9.63. The minimum atomic E-state index is -0.500. The number of carbonyl (C=O) groups excluding carboxylic acids is 1. The molecule has 0 aliphatic heterocycles. The summed E-state index contributed by atoms with van der Waals surface area (Å²) in [5.41, 5.74) is 1.22. The van der Waals surface area contributed by atoms with Crippen molar-refractivity contribution in [2.45, 2.75) is 78.2 Å². The molecule has 0 radical (unpaired) electrons. The summed E-state index contributed by atoms with van der Waals surface area (Å²) in [5.74, 6) is 2.34. The Kier molecular flexibility index (Phi) is 6.90. The molecule has 3 rings (SSSR count). The summed E-state index contributed by atoms with van der Waals surface area (Å²) in [7, 11) is 1.70. The molecule has 1 aromatic carbocycles. The van der Waals surface area contributed by atoms with E-state index in [0.717, 1.165) is 31.4 Å². The molecule has 0 saturated heterocycles. The maximum absolute atomic E-state index is 12.4. The van der Waals surface area contributed by atoms with E-state index in [0.29, 0.717) is 17.1 Å². The lowest BCUT2D eigenvalue weighted by Crippen LogP contribution is -2.38. The standard InChI is InChI=1S/C19H26O2.C4H10O/c1-19-11-4-7-17(19)16(18(20)10-12-19)9-8-14-5-3-6-15(13-14)21-2;1-4(2,3)5/h3,5-6,13,16-17H,4,7-12H2,1-2H3;5H,1-3H3/t16-,17+,19+;/m0./s1. The largest absolute Gasteiger partial charge is 0.497 e. The first-order chi connectivity index (χ1) is 12.1. The van der Waals surface area contributed by atoms with E-state index >= 15 is 0 Å². The average molecular weight is 361 g/mol. The number of ether oxygens (including phenoxy) is 1. The minimum absolute atomic E-state index is 0.289. The summed E-state index contributed by atoms with van der Waals surface area (Å²) in [6.45, 7) is 7.64. The zero-order chi connectivity index (χ0) is 19.4. The molecule has 0 unspecified atom stereocenters. The molecule has 0 spiro atoms. The second-order valence-electron chi connectivity index (χ2n) is 9.29. The van der Waals surface area contributed by atoms with Gasteiger partial charge in [0.15, 0.2) is 0 Å². The van der Waals surface area contributed by atoms with Gasteiger partial charge in [0.25, 0.3) is 0 Å². The Hall–Kier alpha value is -1.35. The first kappa shape index (κ1) is 21.0. The van der Waals surface area contributed by atoms with Gasteiger partial charge in [-0.1, -0.05) is 25.5 Å². The summed E-state index contributed by atoms with van der Waals surface area (Å²) in [5, 5.41) is 8.52.